The topological polar surface area (TPSA) is 58.2 Å². The number of hydrogen-bond acceptors (Lipinski definition) is 3. The number of aromatic nitrogens is 2. The molecule has 1 saturated heterocycles. The number of benzene rings is 1. The van der Waals surface area contributed by atoms with E-state index in [9.17, 15) is 4.79 Å². The van der Waals surface area contributed by atoms with Gasteiger partial charge in [0, 0.05) is 36.8 Å². The number of H-pyrrole nitrogens is 1. The summed E-state index contributed by atoms with van der Waals surface area (Å²) in [5.74, 6) is 0.614. The van der Waals surface area contributed by atoms with Crippen LogP contribution >= 0.6 is 11.6 Å². The van der Waals surface area contributed by atoms with Crippen molar-refractivity contribution >= 4 is 28.6 Å². The lowest BCUT2D eigenvalue weighted by atomic mass is 9.75. The van der Waals surface area contributed by atoms with E-state index in [1.165, 1.54) is 33.3 Å². The first-order valence-electron chi connectivity index (χ1n) is 12.8. The molecule has 1 fully saturated rings. The molecule has 1 aliphatic heterocycles. The summed E-state index contributed by atoms with van der Waals surface area (Å²) in [6, 6.07) is 6.48. The highest BCUT2D eigenvalue weighted by Gasteiger charge is 2.37. The quantitative estimate of drug-likeness (QED) is 0.445. The molecule has 1 atom stereocenters. The van der Waals surface area contributed by atoms with Crippen LogP contribution in [0.15, 0.2) is 30.6 Å². The maximum atomic E-state index is 12.3. The van der Waals surface area contributed by atoms with Crippen LogP contribution in [0.1, 0.15) is 73.4 Å². The molecule has 0 bridgehead atoms. The number of amides is 1. The lowest BCUT2D eigenvalue weighted by Gasteiger charge is -2.36. The predicted octanol–water partition coefficient (Wildman–Crippen LogP) is 6.66. The van der Waals surface area contributed by atoms with Crippen LogP contribution in [-0.4, -0.2) is 40.7 Å². The molecule has 1 N–H and O–H groups in total. The van der Waals surface area contributed by atoms with Gasteiger partial charge in [-0.25, -0.2) is 4.79 Å². The second-order valence-electron chi connectivity index (χ2n) is 9.65. The van der Waals surface area contributed by atoms with E-state index in [0.29, 0.717) is 12.5 Å². The van der Waals surface area contributed by atoms with Crippen LogP contribution < -0.4 is 0 Å². The Balaban J connectivity index is 1.62. The van der Waals surface area contributed by atoms with Gasteiger partial charge in [-0.05, 0) is 85.8 Å². The number of nitrogens with one attached hydrogen (secondary N) is 1. The van der Waals surface area contributed by atoms with Crippen LogP contribution in [-0.2, 0) is 24.0 Å². The van der Waals surface area contributed by atoms with Gasteiger partial charge in [-0.1, -0.05) is 31.0 Å². The van der Waals surface area contributed by atoms with Gasteiger partial charge in [0.05, 0.1) is 22.8 Å². The zero-order valence-electron chi connectivity index (χ0n) is 20.2. The highest BCUT2D eigenvalue weighted by atomic mass is 35.5. The number of pyridine rings is 1. The summed E-state index contributed by atoms with van der Waals surface area (Å²) in [5, 5.41) is 2.12. The van der Waals surface area contributed by atoms with E-state index in [4.69, 9.17) is 21.3 Å². The summed E-state index contributed by atoms with van der Waals surface area (Å²) in [7, 11) is 0. The molecule has 0 radical (unpaired) electrons. The summed E-state index contributed by atoms with van der Waals surface area (Å²) < 4.78 is 5.26. The van der Waals surface area contributed by atoms with E-state index in [1.807, 2.05) is 18.0 Å². The van der Waals surface area contributed by atoms with Gasteiger partial charge in [0.15, 0.2) is 0 Å². The van der Waals surface area contributed by atoms with Crippen molar-refractivity contribution in [2.24, 2.45) is 5.92 Å². The Morgan fingerprint density at radius 1 is 1.24 bits per heavy atom. The minimum absolute atomic E-state index is 0.192. The number of likely N-dealkylation sites (tertiary alicyclic amines) is 1. The largest absolute Gasteiger partial charge is 0.450 e. The molecule has 1 amide bonds. The smallest absolute Gasteiger partial charge is 0.409 e. The monoisotopic (exact) mass is 479 g/mol. The van der Waals surface area contributed by atoms with Crippen molar-refractivity contribution in [3.8, 4) is 0 Å². The first-order valence-corrected chi connectivity index (χ1v) is 13.2. The maximum Gasteiger partial charge on any atom is 0.409 e. The number of halogens is 1. The SMILES string of the molecule is CCCCc1c[nH]c2c(Cl)cc3c(c12)C(C1CCN(C(=O)OCC)CC1)c1ncccc1CC3. The first-order chi connectivity index (χ1) is 16.6. The van der Waals surface area contributed by atoms with E-state index in [2.05, 4.69) is 36.3 Å². The number of rotatable bonds is 5. The third-order valence-corrected chi connectivity index (χ3v) is 7.95. The highest BCUT2D eigenvalue weighted by Crippen LogP contribution is 2.47. The lowest BCUT2D eigenvalue weighted by molar-refractivity contribution is 0.0900. The summed E-state index contributed by atoms with van der Waals surface area (Å²) in [4.78, 5) is 22.7. The van der Waals surface area contributed by atoms with Crippen LogP contribution in [0, 0.1) is 5.92 Å². The van der Waals surface area contributed by atoms with E-state index < -0.39 is 0 Å². The average molecular weight is 480 g/mol. The Morgan fingerprint density at radius 2 is 2.03 bits per heavy atom. The number of nitrogens with zero attached hydrogens (tertiary/aromatic N) is 2. The van der Waals surface area contributed by atoms with E-state index in [0.717, 1.165) is 68.6 Å². The van der Waals surface area contributed by atoms with Crippen LogP contribution in [0.25, 0.3) is 10.9 Å². The number of aryl methyl sites for hydroxylation is 3. The summed E-state index contributed by atoms with van der Waals surface area (Å²) in [5.41, 5.74) is 7.74. The molecule has 5 nitrogen and oxygen atoms in total. The zero-order valence-corrected chi connectivity index (χ0v) is 21.0. The molecule has 180 valence electrons. The fourth-order valence-electron chi connectivity index (χ4n) is 5.99. The van der Waals surface area contributed by atoms with E-state index in [1.54, 1.807) is 0 Å². The number of aromatic amines is 1. The van der Waals surface area contributed by atoms with Crippen molar-refractivity contribution < 1.29 is 9.53 Å². The average Bonchev–Trinajstić information content (AvgIpc) is 3.21. The fourth-order valence-corrected chi connectivity index (χ4v) is 6.27. The third kappa shape index (κ3) is 4.19. The van der Waals surface area contributed by atoms with Crippen LogP contribution in [0.3, 0.4) is 0 Å². The number of piperidine rings is 1. The number of hydrogen-bond donors (Lipinski definition) is 1. The summed E-state index contributed by atoms with van der Waals surface area (Å²) >= 11 is 6.82. The van der Waals surface area contributed by atoms with Crippen molar-refractivity contribution in [3.05, 3.63) is 63.6 Å². The number of unbranched alkanes of at least 4 members (excludes halogenated alkanes) is 1. The molecule has 3 aromatic rings. The van der Waals surface area contributed by atoms with Gasteiger partial charge in [-0.2, -0.15) is 0 Å². The van der Waals surface area contributed by atoms with Crippen molar-refractivity contribution in [1.82, 2.24) is 14.9 Å². The molecule has 0 spiro atoms. The fraction of sp³-hybridized carbons (Fsp3) is 0.500. The van der Waals surface area contributed by atoms with Crippen molar-refractivity contribution in [1.29, 1.82) is 0 Å². The van der Waals surface area contributed by atoms with Gasteiger partial charge in [0.1, 0.15) is 0 Å². The molecule has 5 rings (SSSR count). The molecule has 34 heavy (non-hydrogen) atoms. The molecule has 1 aromatic carbocycles. The lowest BCUT2D eigenvalue weighted by Crippen LogP contribution is -2.40. The Kier molecular flexibility index (Phi) is 6.82. The molecule has 6 heteroatoms. The minimum Gasteiger partial charge on any atom is -0.450 e. The predicted molar refractivity (Wildman–Crippen MR) is 137 cm³/mol. The van der Waals surface area contributed by atoms with Gasteiger partial charge in [0.25, 0.3) is 0 Å². The zero-order chi connectivity index (χ0) is 23.7. The second kappa shape index (κ2) is 9.99. The molecule has 1 unspecified atom stereocenters. The molecule has 2 aliphatic rings. The molecular formula is C28H34ClN3O2. The van der Waals surface area contributed by atoms with Gasteiger partial charge in [0.2, 0.25) is 0 Å². The molecule has 0 saturated carbocycles. The van der Waals surface area contributed by atoms with Crippen LogP contribution in [0.4, 0.5) is 4.79 Å². The van der Waals surface area contributed by atoms with Crippen LogP contribution in [0.2, 0.25) is 5.02 Å². The maximum absolute atomic E-state index is 12.3. The summed E-state index contributed by atoms with van der Waals surface area (Å²) in [6.07, 6.45) is 11.1. The van der Waals surface area contributed by atoms with Crippen molar-refractivity contribution in [2.45, 2.75) is 64.7 Å². The normalized spacial score (nSPS) is 18.4. The molecule has 3 heterocycles. The number of carbonyl (C=O) groups excluding carboxylic acids is 1. The number of ether oxygens (including phenoxy) is 1. The summed E-state index contributed by atoms with van der Waals surface area (Å²) in [6.45, 7) is 5.97. The Morgan fingerprint density at radius 3 is 2.79 bits per heavy atom. The van der Waals surface area contributed by atoms with Gasteiger partial charge in [-0.3, -0.25) is 4.98 Å². The molecular weight excluding hydrogens is 446 g/mol. The van der Waals surface area contributed by atoms with Gasteiger partial charge in [-0.15, -0.1) is 0 Å². The van der Waals surface area contributed by atoms with E-state index >= 15 is 0 Å². The van der Waals surface area contributed by atoms with Crippen LogP contribution in [0.5, 0.6) is 0 Å². The third-order valence-electron chi connectivity index (χ3n) is 7.65. The Labute approximate surface area is 206 Å². The van der Waals surface area contributed by atoms with Gasteiger partial charge >= 0.3 is 6.09 Å². The minimum atomic E-state index is -0.192. The van der Waals surface area contributed by atoms with E-state index in [-0.39, 0.29) is 12.0 Å². The Bertz CT molecular complexity index is 1180. The van der Waals surface area contributed by atoms with Crippen molar-refractivity contribution in [3.63, 3.8) is 0 Å². The molecule has 2 aromatic heterocycles. The standard InChI is InChI=1S/C28H34ClN3O2/c1-3-5-7-21-17-31-27-22(29)16-20-10-9-19-8-6-13-30-26(19)24(23(20)25(21)27)18-11-14-32(15-12-18)28(33)34-4-2/h6,8,13,16-18,24,31H,3-5,7,9-12,14-15H2,1-2H3. The second-order valence-corrected chi connectivity index (χ2v) is 10.1. The Hall–Kier alpha value is -2.53. The number of carbonyl (C=O) groups is 1. The highest BCUT2D eigenvalue weighted by molar-refractivity contribution is 6.35. The molecule has 1 aliphatic carbocycles. The first kappa shape index (κ1) is 23.2. The number of fused-ring (bicyclic) bond motifs is 4. The van der Waals surface area contributed by atoms with Gasteiger partial charge < -0.3 is 14.6 Å². The van der Waals surface area contributed by atoms with Crippen molar-refractivity contribution in [2.75, 3.05) is 19.7 Å².